The van der Waals surface area contributed by atoms with Crippen LogP contribution in [0.5, 0.6) is 5.75 Å². The van der Waals surface area contributed by atoms with Gasteiger partial charge in [-0.05, 0) is 59.9 Å². The van der Waals surface area contributed by atoms with Crippen LogP contribution in [0.4, 0.5) is 0 Å². The summed E-state index contributed by atoms with van der Waals surface area (Å²) in [4.78, 5) is 22.1. The van der Waals surface area contributed by atoms with Gasteiger partial charge in [-0.15, -0.1) is 0 Å². The number of Topliss-reactive ketones (excluding diaryl/α,β-unsaturated/α-hetero) is 1. The summed E-state index contributed by atoms with van der Waals surface area (Å²) in [6.45, 7) is 8.93. The maximum atomic E-state index is 13.3. The van der Waals surface area contributed by atoms with Crippen LogP contribution in [0.1, 0.15) is 61.6 Å². The number of H-pyrrole nitrogens is 1. The number of nitrogens with zero attached hydrogens (tertiary/aromatic N) is 1. The Kier molecular flexibility index (Phi) is 3.77. The average molecular weight is 389 g/mol. The maximum absolute atomic E-state index is 13.3. The van der Waals surface area contributed by atoms with E-state index in [9.17, 15) is 4.79 Å². The number of fused-ring (bicyclic) bond motifs is 2. The van der Waals surface area contributed by atoms with Crippen molar-refractivity contribution in [3.05, 3.63) is 46.9 Å². The molecule has 0 amide bonds. The van der Waals surface area contributed by atoms with Crippen molar-refractivity contribution in [1.82, 2.24) is 9.97 Å². The van der Waals surface area contributed by atoms with E-state index in [0.29, 0.717) is 6.42 Å². The van der Waals surface area contributed by atoms with Crippen LogP contribution in [0.15, 0.2) is 24.3 Å². The van der Waals surface area contributed by atoms with Gasteiger partial charge in [0.05, 0.1) is 24.2 Å². The first-order valence-electron chi connectivity index (χ1n) is 10.4. The normalized spacial score (nSPS) is 19.3. The summed E-state index contributed by atoms with van der Waals surface area (Å²) in [5, 5.41) is 2.27. The minimum atomic E-state index is -0.0406. The molecule has 29 heavy (non-hydrogen) atoms. The molecular formula is C25H28N2O2. The van der Waals surface area contributed by atoms with Gasteiger partial charge in [0.2, 0.25) is 0 Å². The van der Waals surface area contributed by atoms with Crippen molar-refractivity contribution < 1.29 is 9.53 Å². The minimum Gasteiger partial charge on any atom is -0.497 e. The summed E-state index contributed by atoms with van der Waals surface area (Å²) in [7, 11) is 1.68. The van der Waals surface area contributed by atoms with Crippen LogP contribution in [0.2, 0.25) is 0 Å². The van der Waals surface area contributed by atoms with Crippen LogP contribution in [0, 0.1) is 10.8 Å². The molecule has 1 aromatic carbocycles. The van der Waals surface area contributed by atoms with Gasteiger partial charge in [0.25, 0.3) is 0 Å². The third kappa shape index (κ3) is 2.88. The molecule has 0 bridgehead atoms. The summed E-state index contributed by atoms with van der Waals surface area (Å²) >= 11 is 0. The van der Waals surface area contributed by atoms with E-state index >= 15 is 0 Å². The lowest BCUT2D eigenvalue weighted by molar-refractivity contribution is 0.0912. The van der Waals surface area contributed by atoms with E-state index < -0.39 is 0 Å². The number of rotatable bonds is 2. The van der Waals surface area contributed by atoms with E-state index in [1.165, 1.54) is 11.1 Å². The second kappa shape index (κ2) is 5.94. The number of hydrogen-bond donors (Lipinski definition) is 1. The van der Waals surface area contributed by atoms with Crippen molar-refractivity contribution in [2.75, 3.05) is 7.11 Å². The third-order valence-electron chi connectivity index (χ3n) is 6.42. The van der Waals surface area contributed by atoms with E-state index in [4.69, 9.17) is 9.72 Å². The molecule has 1 N–H and O–H groups in total. The molecule has 0 fully saturated rings. The van der Waals surface area contributed by atoms with Crippen LogP contribution >= 0.6 is 0 Å². The number of hydrogen-bond acceptors (Lipinski definition) is 3. The summed E-state index contributed by atoms with van der Waals surface area (Å²) in [5.41, 5.74) is 6.42. The van der Waals surface area contributed by atoms with Crippen LogP contribution in [0.25, 0.3) is 22.0 Å². The van der Waals surface area contributed by atoms with Gasteiger partial charge in [-0.3, -0.25) is 9.78 Å². The molecule has 150 valence electrons. The van der Waals surface area contributed by atoms with E-state index in [0.717, 1.165) is 58.6 Å². The van der Waals surface area contributed by atoms with Gasteiger partial charge in [-0.1, -0.05) is 27.7 Å². The number of pyridine rings is 1. The first-order valence-corrected chi connectivity index (χ1v) is 10.4. The number of aromatic nitrogens is 2. The molecule has 2 aliphatic carbocycles. The average Bonchev–Trinajstić information content (AvgIpc) is 2.98. The zero-order valence-electron chi connectivity index (χ0n) is 17.9. The molecule has 0 atom stereocenters. The fraction of sp³-hybridized carbons (Fsp3) is 0.440. The second-order valence-electron chi connectivity index (χ2n) is 10.3. The van der Waals surface area contributed by atoms with Gasteiger partial charge in [0, 0.05) is 28.5 Å². The number of benzene rings is 1. The Hall–Kier alpha value is -2.62. The third-order valence-corrected chi connectivity index (χ3v) is 6.42. The molecular weight excluding hydrogens is 360 g/mol. The quantitative estimate of drug-likeness (QED) is 0.629. The smallest absolute Gasteiger partial charge is 0.165 e. The summed E-state index contributed by atoms with van der Waals surface area (Å²) < 4.78 is 5.33. The highest BCUT2D eigenvalue weighted by Gasteiger charge is 2.38. The highest BCUT2D eigenvalue weighted by atomic mass is 16.5. The molecule has 4 nitrogen and oxygen atoms in total. The Morgan fingerprint density at radius 1 is 0.897 bits per heavy atom. The standard InChI is InChI=1S/C25H28N2O2/c1-24(2)10-16-20-17(11-24)27-23(14-6-8-15(29-5)9-7-14)22(20)21-18(26-16)12-25(3,4)13-19(21)28/h6-9,27H,10-13H2,1-5H3. The summed E-state index contributed by atoms with van der Waals surface area (Å²) in [6.07, 6.45) is 3.33. The Morgan fingerprint density at radius 3 is 2.24 bits per heavy atom. The van der Waals surface area contributed by atoms with Gasteiger partial charge >= 0.3 is 0 Å². The summed E-state index contributed by atoms with van der Waals surface area (Å²) in [5.74, 6) is 1.05. The van der Waals surface area contributed by atoms with Crippen molar-refractivity contribution in [3.8, 4) is 17.0 Å². The molecule has 4 heteroatoms. The number of ketones is 1. The lowest BCUT2D eigenvalue weighted by Crippen LogP contribution is -2.30. The van der Waals surface area contributed by atoms with Crippen molar-refractivity contribution in [2.45, 2.75) is 53.4 Å². The monoisotopic (exact) mass is 388 g/mol. The van der Waals surface area contributed by atoms with Crippen LogP contribution in [-0.4, -0.2) is 22.9 Å². The Labute approximate surface area is 171 Å². The number of ether oxygens (including phenoxy) is 1. The zero-order valence-corrected chi connectivity index (χ0v) is 17.9. The lowest BCUT2D eigenvalue weighted by Gasteiger charge is -2.33. The van der Waals surface area contributed by atoms with E-state index in [1.807, 2.05) is 12.1 Å². The van der Waals surface area contributed by atoms with Crippen molar-refractivity contribution in [3.63, 3.8) is 0 Å². The van der Waals surface area contributed by atoms with Gasteiger partial charge < -0.3 is 9.72 Å². The van der Waals surface area contributed by atoms with Crippen molar-refractivity contribution in [1.29, 1.82) is 0 Å². The molecule has 0 aliphatic heterocycles. The van der Waals surface area contributed by atoms with Gasteiger partial charge in [-0.25, -0.2) is 0 Å². The number of aromatic amines is 1. The Morgan fingerprint density at radius 2 is 1.55 bits per heavy atom. The SMILES string of the molecule is COc1ccc(-c2[nH]c3c4c(nc5c(c24)C(=O)CC(C)(C)C5)CC(C)(C)C3)cc1. The van der Waals surface area contributed by atoms with Gasteiger partial charge in [0.15, 0.2) is 5.78 Å². The number of nitrogens with one attached hydrogen (secondary N) is 1. The molecule has 0 saturated heterocycles. The molecule has 0 spiro atoms. The van der Waals surface area contributed by atoms with E-state index in [1.54, 1.807) is 7.11 Å². The molecule has 0 radical (unpaired) electrons. The van der Waals surface area contributed by atoms with Gasteiger partial charge in [0.1, 0.15) is 5.75 Å². The highest BCUT2D eigenvalue weighted by molar-refractivity contribution is 6.15. The fourth-order valence-electron chi connectivity index (χ4n) is 5.24. The molecule has 2 heterocycles. The predicted octanol–water partition coefficient (Wildman–Crippen LogP) is 5.52. The molecule has 3 aromatic rings. The van der Waals surface area contributed by atoms with Crippen molar-refractivity contribution >= 4 is 16.6 Å². The first-order chi connectivity index (χ1) is 13.7. The van der Waals surface area contributed by atoms with E-state index in [2.05, 4.69) is 44.8 Å². The Bertz CT molecular complexity index is 1150. The Balaban J connectivity index is 1.83. The molecule has 2 aromatic heterocycles. The van der Waals surface area contributed by atoms with Gasteiger partial charge in [-0.2, -0.15) is 0 Å². The largest absolute Gasteiger partial charge is 0.497 e. The van der Waals surface area contributed by atoms with Crippen molar-refractivity contribution in [2.24, 2.45) is 10.8 Å². The fourth-order valence-corrected chi connectivity index (χ4v) is 5.24. The molecule has 5 rings (SSSR count). The molecule has 0 saturated carbocycles. The zero-order chi connectivity index (χ0) is 20.6. The maximum Gasteiger partial charge on any atom is 0.165 e. The van der Waals surface area contributed by atoms with Crippen LogP contribution in [0.3, 0.4) is 0 Å². The molecule has 2 aliphatic rings. The second-order valence-corrected chi connectivity index (χ2v) is 10.3. The highest BCUT2D eigenvalue weighted by Crippen LogP contribution is 2.46. The molecule has 0 unspecified atom stereocenters. The lowest BCUT2D eigenvalue weighted by atomic mass is 9.72. The van der Waals surface area contributed by atoms with E-state index in [-0.39, 0.29) is 16.6 Å². The van der Waals surface area contributed by atoms with Crippen LogP contribution < -0.4 is 4.74 Å². The summed E-state index contributed by atoms with van der Waals surface area (Å²) in [6, 6.07) is 8.09. The number of carbonyl (C=O) groups excluding carboxylic acids is 1. The number of carbonyl (C=O) groups is 1. The van der Waals surface area contributed by atoms with Crippen LogP contribution in [-0.2, 0) is 19.3 Å². The number of methoxy groups -OCH3 is 1. The first kappa shape index (κ1) is 18.4. The topological polar surface area (TPSA) is 55.0 Å². The predicted molar refractivity (Wildman–Crippen MR) is 116 cm³/mol. The minimum absolute atomic E-state index is 0.0406.